The van der Waals surface area contributed by atoms with Gasteiger partial charge in [0, 0.05) is 45.1 Å². The number of aryl methyl sites for hydroxylation is 1. The summed E-state index contributed by atoms with van der Waals surface area (Å²) in [5.41, 5.74) is 0.220. The van der Waals surface area contributed by atoms with Crippen LogP contribution in [0.3, 0.4) is 0 Å². The topological polar surface area (TPSA) is 104 Å². The summed E-state index contributed by atoms with van der Waals surface area (Å²) in [5.74, 6) is 1.61. The lowest BCUT2D eigenvalue weighted by Gasteiger charge is -2.34. The van der Waals surface area contributed by atoms with Crippen molar-refractivity contribution in [2.24, 2.45) is 0 Å². The molecule has 1 fully saturated rings. The van der Waals surface area contributed by atoms with Crippen LogP contribution < -0.4 is 4.90 Å². The van der Waals surface area contributed by atoms with Crippen molar-refractivity contribution >= 4 is 23.6 Å². The van der Waals surface area contributed by atoms with Gasteiger partial charge in [-0.3, -0.25) is 4.79 Å². The average molecular weight is 412 g/mol. The first kappa shape index (κ1) is 19.1. The number of carbonyl (C=O) groups is 1. The number of oxazole rings is 1. The number of piperazine rings is 1. The number of anilines is 1. The van der Waals surface area contributed by atoms with Gasteiger partial charge in [0.2, 0.25) is 17.5 Å². The fourth-order valence-corrected chi connectivity index (χ4v) is 4.08. The number of hydrogen-bond acceptors (Lipinski definition) is 8. The van der Waals surface area contributed by atoms with Gasteiger partial charge in [-0.25, -0.2) is 4.98 Å². The van der Waals surface area contributed by atoms with Crippen LogP contribution >= 0.6 is 11.8 Å². The Morgan fingerprint density at radius 1 is 1.34 bits per heavy atom. The number of nitrogens with zero attached hydrogens (tertiary/aromatic N) is 6. The molecule has 0 saturated carbocycles. The Kier molecular flexibility index (Phi) is 5.57. The third-order valence-corrected chi connectivity index (χ3v) is 5.70. The van der Waals surface area contributed by atoms with E-state index in [4.69, 9.17) is 8.83 Å². The van der Waals surface area contributed by atoms with E-state index in [0.29, 0.717) is 43.6 Å². The van der Waals surface area contributed by atoms with Crippen LogP contribution in [0.25, 0.3) is 11.7 Å². The van der Waals surface area contributed by atoms with Gasteiger partial charge >= 0.3 is 0 Å². The Morgan fingerprint density at radius 2 is 2.17 bits per heavy atom. The predicted molar refractivity (Wildman–Crippen MR) is 106 cm³/mol. The summed E-state index contributed by atoms with van der Waals surface area (Å²) in [6.07, 6.45) is 5.18. The highest BCUT2D eigenvalue weighted by atomic mass is 32.2. The molecule has 29 heavy (non-hydrogen) atoms. The number of rotatable bonds is 6. The van der Waals surface area contributed by atoms with Crippen LogP contribution in [0.5, 0.6) is 0 Å². The molecule has 3 aromatic heterocycles. The van der Waals surface area contributed by atoms with Crippen LogP contribution in [-0.4, -0.2) is 57.3 Å². The molecule has 0 unspecified atom stereocenters. The maximum Gasteiger partial charge on any atom is 0.266 e. The number of amides is 1. The second-order valence-electron chi connectivity index (χ2n) is 6.41. The van der Waals surface area contributed by atoms with Crippen molar-refractivity contribution in [2.75, 3.05) is 36.8 Å². The molecule has 0 radical (unpaired) electrons. The molecule has 4 heterocycles. The first-order valence-corrected chi connectivity index (χ1v) is 10.3. The zero-order chi connectivity index (χ0) is 20.2. The molecule has 3 aromatic rings. The van der Waals surface area contributed by atoms with Gasteiger partial charge in [-0.15, -0.1) is 0 Å². The summed E-state index contributed by atoms with van der Waals surface area (Å²) in [6, 6.07) is 5.54. The van der Waals surface area contributed by atoms with Gasteiger partial charge in [0.1, 0.15) is 6.07 Å². The standard InChI is InChI=1S/C19H20N6O3S/c1-2-23-6-5-21-19(23)29-13-16(26)24-7-9-25(10-8-24)18-14(12-20)22-17(28-18)15-4-3-11-27-15/h3-6,11H,2,7-10,13H2,1H3. The van der Waals surface area contributed by atoms with Crippen LogP contribution in [-0.2, 0) is 11.3 Å². The molecule has 0 aliphatic carbocycles. The molecule has 0 bridgehead atoms. The van der Waals surface area contributed by atoms with E-state index in [1.165, 1.54) is 18.0 Å². The van der Waals surface area contributed by atoms with E-state index in [0.717, 1.165) is 11.7 Å². The highest BCUT2D eigenvalue weighted by Crippen LogP contribution is 2.29. The number of imidazole rings is 1. The second-order valence-corrected chi connectivity index (χ2v) is 7.36. The number of carbonyl (C=O) groups excluding carboxylic acids is 1. The molecule has 150 valence electrons. The van der Waals surface area contributed by atoms with Crippen LogP contribution in [0.15, 0.2) is 44.8 Å². The first-order valence-electron chi connectivity index (χ1n) is 9.31. The minimum absolute atomic E-state index is 0.0784. The van der Waals surface area contributed by atoms with Gasteiger partial charge in [0.15, 0.2) is 10.9 Å². The Hall–Kier alpha value is -3.19. The van der Waals surface area contributed by atoms with Gasteiger partial charge in [-0.2, -0.15) is 10.2 Å². The molecule has 1 saturated heterocycles. The Labute approximate surface area is 171 Å². The third-order valence-electron chi connectivity index (χ3n) is 4.71. The molecular weight excluding hydrogens is 392 g/mol. The van der Waals surface area contributed by atoms with E-state index in [9.17, 15) is 10.1 Å². The molecule has 0 N–H and O–H groups in total. The lowest BCUT2D eigenvalue weighted by Crippen LogP contribution is -2.49. The molecular formula is C19H20N6O3S. The largest absolute Gasteiger partial charge is 0.459 e. The summed E-state index contributed by atoms with van der Waals surface area (Å²) in [4.78, 5) is 24.8. The van der Waals surface area contributed by atoms with Crippen molar-refractivity contribution in [3.63, 3.8) is 0 Å². The van der Waals surface area contributed by atoms with Gasteiger partial charge in [-0.1, -0.05) is 11.8 Å². The quantitative estimate of drug-likeness (QED) is 0.569. The summed E-state index contributed by atoms with van der Waals surface area (Å²) < 4.78 is 13.1. The lowest BCUT2D eigenvalue weighted by atomic mass is 10.3. The first-order chi connectivity index (χ1) is 14.2. The van der Waals surface area contributed by atoms with Crippen molar-refractivity contribution < 1.29 is 13.6 Å². The molecule has 0 aromatic carbocycles. The SMILES string of the molecule is CCn1ccnc1SCC(=O)N1CCN(c2oc(-c3ccco3)nc2C#N)CC1. The number of hydrogen-bond donors (Lipinski definition) is 0. The number of furan rings is 1. The van der Waals surface area contributed by atoms with E-state index >= 15 is 0 Å². The molecule has 1 amide bonds. The maximum absolute atomic E-state index is 12.6. The fourth-order valence-electron chi connectivity index (χ4n) is 3.16. The monoisotopic (exact) mass is 412 g/mol. The van der Waals surface area contributed by atoms with Crippen molar-refractivity contribution in [2.45, 2.75) is 18.6 Å². The van der Waals surface area contributed by atoms with Crippen molar-refractivity contribution in [3.8, 4) is 17.7 Å². The van der Waals surface area contributed by atoms with E-state index < -0.39 is 0 Å². The zero-order valence-corrected chi connectivity index (χ0v) is 16.8. The highest BCUT2D eigenvalue weighted by Gasteiger charge is 2.27. The number of thioether (sulfide) groups is 1. The molecule has 0 atom stereocenters. The smallest absolute Gasteiger partial charge is 0.266 e. The van der Waals surface area contributed by atoms with Gasteiger partial charge in [-0.05, 0) is 19.1 Å². The van der Waals surface area contributed by atoms with Gasteiger partial charge in [0.25, 0.3) is 5.89 Å². The molecule has 1 aliphatic rings. The van der Waals surface area contributed by atoms with E-state index in [2.05, 4.69) is 16.0 Å². The van der Waals surface area contributed by atoms with Crippen LogP contribution in [0.1, 0.15) is 12.6 Å². The van der Waals surface area contributed by atoms with Gasteiger partial charge < -0.3 is 23.2 Å². The molecule has 4 rings (SSSR count). The van der Waals surface area contributed by atoms with Crippen molar-refractivity contribution in [1.82, 2.24) is 19.4 Å². The summed E-state index contributed by atoms with van der Waals surface area (Å²) >= 11 is 1.45. The number of aromatic nitrogens is 3. The summed E-state index contributed by atoms with van der Waals surface area (Å²) in [7, 11) is 0. The minimum atomic E-state index is 0.0784. The molecule has 1 aliphatic heterocycles. The normalized spacial score (nSPS) is 14.2. The summed E-state index contributed by atoms with van der Waals surface area (Å²) in [5, 5.41) is 10.3. The Morgan fingerprint density at radius 3 is 2.86 bits per heavy atom. The van der Waals surface area contributed by atoms with E-state index in [1.54, 1.807) is 18.3 Å². The Bertz CT molecular complexity index is 1010. The molecule has 9 nitrogen and oxygen atoms in total. The second kappa shape index (κ2) is 8.45. The number of nitriles is 1. The Balaban J connectivity index is 1.36. The fraction of sp³-hybridized carbons (Fsp3) is 0.368. The van der Waals surface area contributed by atoms with Crippen LogP contribution in [0.2, 0.25) is 0 Å². The van der Waals surface area contributed by atoms with Crippen molar-refractivity contribution in [1.29, 1.82) is 5.26 Å². The zero-order valence-electron chi connectivity index (χ0n) is 15.9. The van der Waals surface area contributed by atoms with E-state index in [-0.39, 0.29) is 17.5 Å². The van der Waals surface area contributed by atoms with E-state index in [1.807, 2.05) is 27.5 Å². The van der Waals surface area contributed by atoms with Crippen molar-refractivity contribution in [3.05, 3.63) is 36.5 Å². The van der Waals surface area contributed by atoms with Crippen LogP contribution in [0.4, 0.5) is 5.88 Å². The lowest BCUT2D eigenvalue weighted by molar-refractivity contribution is -0.128. The molecule has 0 spiro atoms. The highest BCUT2D eigenvalue weighted by molar-refractivity contribution is 7.99. The van der Waals surface area contributed by atoms with Gasteiger partial charge in [0.05, 0.1) is 12.0 Å². The minimum Gasteiger partial charge on any atom is -0.459 e. The summed E-state index contributed by atoms with van der Waals surface area (Å²) in [6.45, 7) is 5.13. The molecule has 10 heteroatoms. The predicted octanol–water partition coefficient (Wildman–Crippen LogP) is 2.46. The average Bonchev–Trinajstić information content (AvgIpc) is 3.51. The van der Waals surface area contributed by atoms with Crippen LogP contribution in [0, 0.1) is 11.3 Å². The maximum atomic E-state index is 12.6. The third kappa shape index (κ3) is 4.00.